The predicted molar refractivity (Wildman–Crippen MR) is 103 cm³/mol. The van der Waals surface area contributed by atoms with Crippen molar-refractivity contribution in [1.29, 1.82) is 0 Å². The van der Waals surface area contributed by atoms with Crippen molar-refractivity contribution in [3.05, 3.63) is 34.1 Å². The summed E-state index contributed by atoms with van der Waals surface area (Å²) < 4.78 is 3.43. The van der Waals surface area contributed by atoms with E-state index in [2.05, 4.69) is 25.3 Å². The molecule has 0 fully saturated rings. The molecule has 1 N–H and O–H groups in total. The summed E-state index contributed by atoms with van der Waals surface area (Å²) in [5.74, 6) is 1.77. The Morgan fingerprint density at radius 3 is 3.08 bits per heavy atom. The second-order valence-electron chi connectivity index (χ2n) is 6.91. The number of rotatable bonds is 5. The number of hydrogen-bond donors (Lipinski definition) is 1. The Kier molecular flexibility index (Phi) is 4.73. The van der Waals surface area contributed by atoms with E-state index in [0.29, 0.717) is 13.1 Å². The minimum atomic E-state index is 0.00441. The maximum absolute atomic E-state index is 12.6. The highest BCUT2D eigenvalue weighted by Crippen LogP contribution is 2.25. The molecule has 9 heteroatoms. The lowest BCUT2D eigenvalue weighted by Crippen LogP contribution is -2.30. The van der Waals surface area contributed by atoms with Gasteiger partial charge in [0.25, 0.3) is 0 Å². The Morgan fingerprint density at radius 1 is 1.35 bits per heavy atom. The first-order chi connectivity index (χ1) is 12.6. The molecule has 1 atom stereocenters. The standard InChI is InChI=1S/C17H23N7OS/c1-22(2)8-9-24-17(25)23-7-5-12(3-4-14(23)21-24)20-15-13-6-10-26-16(13)19-11-18-15/h6,10-12H,3-5,7-9H2,1-2H3,(H,18,19,20). The van der Waals surface area contributed by atoms with E-state index in [9.17, 15) is 4.79 Å². The topological polar surface area (TPSA) is 80.9 Å². The smallest absolute Gasteiger partial charge is 0.345 e. The summed E-state index contributed by atoms with van der Waals surface area (Å²) in [6.45, 7) is 2.13. The van der Waals surface area contributed by atoms with Gasteiger partial charge in [-0.15, -0.1) is 11.3 Å². The first-order valence-electron chi connectivity index (χ1n) is 8.88. The average Bonchev–Trinajstić information content (AvgIpc) is 3.15. The van der Waals surface area contributed by atoms with Crippen molar-refractivity contribution in [1.82, 2.24) is 29.2 Å². The summed E-state index contributed by atoms with van der Waals surface area (Å²) in [5, 5.41) is 11.2. The molecule has 0 amide bonds. The van der Waals surface area contributed by atoms with Gasteiger partial charge in [-0.1, -0.05) is 0 Å². The molecule has 0 aromatic carbocycles. The summed E-state index contributed by atoms with van der Waals surface area (Å²) in [4.78, 5) is 24.3. The zero-order valence-corrected chi connectivity index (χ0v) is 15.9. The second-order valence-corrected chi connectivity index (χ2v) is 7.80. The normalized spacial score (nSPS) is 17.4. The van der Waals surface area contributed by atoms with Gasteiger partial charge in [-0.25, -0.2) is 19.4 Å². The number of hydrogen-bond acceptors (Lipinski definition) is 7. The molecule has 0 saturated heterocycles. The monoisotopic (exact) mass is 373 g/mol. The van der Waals surface area contributed by atoms with E-state index in [4.69, 9.17) is 0 Å². The lowest BCUT2D eigenvalue weighted by molar-refractivity contribution is 0.367. The van der Waals surface area contributed by atoms with Crippen molar-refractivity contribution >= 4 is 27.4 Å². The molecule has 0 aliphatic carbocycles. The summed E-state index contributed by atoms with van der Waals surface area (Å²) >= 11 is 1.62. The molecule has 8 nitrogen and oxygen atoms in total. The van der Waals surface area contributed by atoms with Crippen molar-refractivity contribution < 1.29 is 0 Å². The fourth-order valence-electron chi connectivity index (χ4n) is 3.31. The molecule has 0 saturated carbocycles. The summed E-state index contributed by atoms with van der Waals surface area (Å²) in [6, 6.07) is 2.32. The van der Waals surface area contributed by atoms with Crippen molar-refractivity contribution in [2.75, 3.05) is 26.0 Å². The Labute approximate surface area is 155 Å². The molecule has 0 radical (unpaired) electrons. The average molecular weight is 373 g/mol. The zero-order chi connectivity index (χ0) is 18.1. The third-order valence-corrected chi connectivity index (χ3v) is 5.60. The highest BCUT2D eigenvalue weighted by atomic mass is 32.1. The number of anilines is 1. The molecule has 1 aliphatic rings. The van der Waals surface area contributed by atoms with Gasteiger partial charge in [0, 0.05) is 25.6 Å². The number of aryl methyl sites for hydroxylation is 1. The predicted octanol–water partition coefficient (Wildman–Crippen LogP) is 1.43. The quantitative estimate of drug-likeness (QED) is 0.729. The zero-order valence-electron chi connectivity index (χ0n) is 15.1. The van der Waals surface area contributed by atoms with Crippen molar-refractivity contribution in [2.24, 2.45) is 0 Å². The van der Waals surface area contributed by atoms with Crippen LogP contribution < -0.4 is 11.0 Å². The van der Waals surface area contributed by atoms with Gasteiger partial charge in [-0.3, -0.25) is 4.57 Å². The highest BCUT2D eigenvalue weighted by Gasteiger charge is 2.21. The van der Waals surface area contributed by atoms with Gasteiger partial charge in [-0.2, -0.15) is 5.10 Å². The van der Waals surface area contributed by atoms with Gasteiger partial charge >= 0.3 is 5.69 Å². The van der Waals surface area contributed by atoms with Crippen LogP contribution >= 0.6 is 11.3 Å². The number of fused-ring (bicyclic) bond motifs is 2. The van der Waals surface area contributed by atoms with Crippen LogP contribution in [0.1, 0.15) is 18.7 Å². The largest absolute Gasteiger partial charge is 0.367 e. The van der Waals surface area contributed by atoms with E-state index in [-0.39, 0.29) is 11.7 Å². The van der Waals surface area contributed by atoms with Gasteiger partial charge in [0.2, 0.25) is 0 Å². The molecular formula is C17H23N7OS. The van der Waals surface area contributed by atoms with Gasteiger partial charge in [0.15, 0.2) is 0 Å². The van der Waals surface area contributed by atoms with Crippen LogP contribution in [0.5, 0.6) is 0 Å². The van der Waals surface area contributed by atoms with Crippen LogP contribution in [0.15, 0.2) is 22.6 Å². The molecule has 26 heavy (non-hydrogen) atoms. The Balaban J connectivity index is 1.47. The molecule has 1 aliphatic heterocycles. The third kappa shape index (κ3) is 3.36. The van der Waals surface area contributed by atoms with Crippen LogP contribution in [0.25, 0.3) is 10.2 Å². The Morgan fingerprint density at radius 2 is 2.23 bits per heavy atom. The molecular weight excluding hydrogens is 350 g/mol. The summed E-state index contributed by atoms with van der Waals surface area (Å²) in [5.41, 5.74) is 0.00441. The van der Waals surface area contributed by atoms with Crippen molar-refractivity contribution in [3.8, 4) is 0 Å². The van der Waals surface area contributed by atoms with Gasteiger partial charge < -0.3 is 10.2 Å². The van der Waals surface area contributed by atoms with Gasteiger partial charge in [0.05, 0.1) is 11.9 Å². The van der Waals surface area contributed by atoms with E-state index in [1.54, 1.807) is 22.3 Å². The van der Waals surface area contributed by atoms with E-state index in [1.165, 1.54) is 0 Å². The summed E-state index contributed by atoms with van der Waals surface area (Å²) in [7, 11) is 4.00. The van der Waals surface area contributed by atoms with E-state index in [0.717, 1.165) is 47.7 Å². The molecule has 4 rings (SSSR count). The number of aromatic nitrogens is 5. The fraction of sp³-hybridized carbons (Fsp3) is 0.529. The maximum Gasteiger partial charge on any atom is 0.345 e. The van der Waals surface area contributed by atoms with E-state index < -0.39 is 0 Å². The second kappa shape index (κ2) is 7.16. The lowest BCUT2D eigenvalue weighted by Gasteiger charge is -2.17. The SMILES string of the molecule is CN(C)CCn1nc2n(c1=O)CCC(Nc1ncnc3sccc13)CC2. The van der Waals surface area contributed by atoms with Crippen LogP contribution in [0, 0.1) is 0 Å². The lowest BCUT2D eigenvalue weighted by atomic mass is 10.1. The van der Waals surface area contributed by atoms with E-state index in [1.807, 2.05) is 30.1 Å². The Bertz CT molecular complexity index is 958. The number of nitrogens with zero attached hydrogens (tertiary/aromatic N) is 6. The van der Waals surface area contributed by atoms with Crippen LogP contribution in [-0.2, 0) is 19.5 Å². The first kappa shape index (κ1) is 17.2. The molecule has 0 bridgehead atoms. The number of likely N-dealkylation sites (N-methyl/N-ethyl adjacent to an activating group) is 1. The first-order valence-corrected chi connectivity index (χ1v) is 9.76. The van der Waals surface area contributed by atoms with Crippen LogP contribution in [0.4, 0.5) is 5.82 Å². The van der Waals surface area contributed by atoms with Crippen LogP contribution in [0.2, 0.25) is 0 Å². The van der Waals surface area contributed by atoms with Crippen LogP contribution in [0.3, 0.4) is 0 Å². The van der Waals surface area contributed by atoms with E-state index >= 15 is 0 Å². The van der Waals surface area contributed by atoms with Gasteiger partial charge in [0.1, 0.15) is 22.8 Å². The minimum absolute atomic E-state index is 0.00441. The number of thiophene rings is 1. The molecule has 0 spiro atoms. The molecule has 3 aromatic heterocycles. The number of nitrogens with one attached hydrogen (secondary N) is 1. The molecule has 3 aromatic rings. The minimum Gasteiger partial charge on any atom is -0.367 e. The van der Waals surface area contributed by atoms with Crippen LogP contribution in [-0.4, -0.2) is 55.9 Å². The summed E-state index contributed by atoms with van der Waals surface area (Å²) in [6.07, 6.45) is 4.20. The highest BCUT2D eigenvalue weighted by molar-refractivity contribution is 7.16. The third-order valence-electron chi connectivity index (χ3n) is 4.78. The Hall–Kier alpha value is -2.26. The van der Waals surface area contributed by atoms with Crippen molar-refractivity contribution in [2.45, 2.75) is 38.4 Å². The van der Waals surface area contributed by atoms with Crippen molar-refractivity contribution in [3.63, 3.8) is 0 Å². The maximum atomic E-state index is 12.6. The molecule has 1 unspecified atom stereocenters. The molecule has 4 heterocycles. The van der Waals surface area contributed by atoms with Gasteiger partial charge in [-0.05, 0) is 38.4 Å². The molecule has 138 valence electrons. The fourth-order valence-corrected chi connectivity index (χ4v) is 4.04.